The van der Waals surface area contributed by atoms with Crippen molar-refractivity contribution in [3.63, 3.8) is 0 Å². The van der Waals surface area contributed by atoms with Gasteiger partial charge in [-0.25, -0.2) is 0 Å². The third-order valence-corrected chi connectivity index (χ3v) is 7.56. The van der Waals surface area contributed by atoms with Gasteiger partial charge < -0.3 is 9.73 Å². The van der Waals surface area contributed by atoms with Crippen molar-refractivity contribution in [2.24, 2.45) is 5.10 Å². The first-order valence-corrected chi connectivity index (χ1v) is 12.8. The van der Waals surface area contributed by atoms with Crippen molar-refractivity contribution >= 4 is 33.0 Å². The maximum absolute atomic E-state index is 12.7. The number of fused-ring (bicyclic) bond motifs is 1. The van der Waals surface area contributed by atoms with Crippen LogP contribution in [0.2, 0.25) is 0 Å². The van der Waals surface area contributed by atoms with Crippen LogP contribution >= 0.6 is 11.3 Å². The number of carbonyl (C=O) groups is 1. The summed E-state index contributed by atoms with van der Waals surface area (Å²) in [5.41, 5.74) is 2.97. The number of hydrogen-bond acceptors (Lipinski definition) is 6. The minimum absolute atomic E-state index is 0.151. The van der Waals surface area contributed by atoms with E-state index in [0.29, 0.717) is 36.4 Å². The minimum atomic E-state index is -3.78. The van der Waals surface area contributed by atoms with Gasteiger partial charge in [0.15, 0.2) is 5.76 Å². The molecule has 9 heteroatoms. The molecular formula is C23H25N3O4S2. The number of thiophene rings is 1. The van der Waals surface area contributed by atoms with E-state index in [0.717, 1.165) is 24.0 Å². The topological polar surface area (TPSA) is 101 Å². The molecule has 0 saturated carbocycles. The van der Waals surface area contributed by atoms with Crippen LogP contribution in [0.4, 0.5) is 0 Å². The molecule has 4 rings (SSSR count). The second-order valence-corrected chi connectivity index (χ2v) is 10.5. The van der Waals surface area contributed by atoms with Gasteiger partial charge >= 0.3 is 0 Å². The van der Waals surface area contributed by atoms with Crippen LogP contribution in [0.25, 0.3) is 0 Å². The van der Waals surface area contributed by atoms with E-state index >= 15 is 0 Å². The molecule has 2 heterocycles. The molecule has 168 valence electrons. The Morgan fingerprint density at radius 2 is 1.94 bits per heavy atom. The quantitative estimate of drug-likeness (QED) is 0.510. The van der Waals surface area contributed by atoms with Gasteiger partial charge in [-0.05, 0) is 56.7 Å². The van der Waals surface area contributed by atoms with Crippen molar-refractivity contribution in [1.29, 1.82) is 0 Å². The van der Waals surface area contributed by atoms with Crippen molar-refractivity contribution in [3.05, 3.63) is 74.9 Å². The highest BCUT2D eigenvalue weighted by molar-refractivity contribution is 7.89. The fourth-order valence-corrected chi connectivity index (χ4v) is 5.26. The molecular weight excluding hydrogens is 446 g/mol. The van der Waals surface area contributed by atoms with E-state index in [9.17, 15) is 13.2 Å². The van der Waals surface area contributed by atoms with E-state index in [1.165, 1.54) is 4.88 Å². The Balaban J connectivity index is 1.51. The monoisotopic (exact) mass is 471 g/mol. The molecule has 0 bridgehead atoms. The van der Waals surface area contributed by atoms with Gasteiger partial charge in [0.25, 0.3) is 15.9 Å². The number of hydrogen-bond donors (Lipinski definition) is 2. The number of rotatable bonds is 7. The second kappa shape index (κ2) is 9.30. The summed E-state index contributed by atoms with van der Waals surface area (Å²) in [5.74, 6) is 0.663. The third-order valence-electron chi connectivity index (χ3n) is 5.40. The first-order valence-electron chi connectivity index (χ1n) is 10.4. The van der Waals surface area contributed by atoms with Crippen LogP contribution in [-0.4, -0.2) is 26.6 Å². The zero-order valence-corrected chi connectivity index (χ0v) is 19.6. The summed E-state index contributed by atoms with van der Waals surface area (Å²) in [6, 6.07) is 10.6. The summed E-state index contributed by atoms with van der Waals surface area (Å²) < 4.78 is 31.1. The summed E-state index contributed by atoms with van der Waals surface area (Å²) in [7, 11) is -3.78. The van der Waals surface area contributed by atoms with E-state index in [2.05, 4.69) is 15.2 Å². The van der Waals surface area contributed by atoms with E-state index in [1.807, 2.05) is 31.4 Å². The number of aryl methyl sites for hydroxylation is 2. The molecule has 0 aliphatic heterocycles. The summed E-state index contributed by atoms with van der Waals surface area (Å²) in [5, 5.41) is 9.13. The lowest BCUT2D eigenvalue weighted by Gasteiger charge is -2.14. The Hall–Kier alpha value is -2.91. The van der Waals surface area contributed by atoms with Crippen LogP contribution in [0.5, 0.6) is 0 Å². The average Bonchev–Trinajstić information content (AvgIpc) is 3.41. The summed E-state index contributed by atoms with van der Waals surface area (Å²) >= 11 is 1.66. The lowest BCUT2D eigenvalue weighted by Crippen LogP contribution is -2.26. The van der Waals surface area contributed by atoms with Crippen LogP contribution in [0, 0.1) is 13.8 Å². The van der Waals surface area contributed by atoms with Gasteiger partial charge in [0.05, 0.1) is 10.6 Å². The Morgan fingerprint density at radius 3 is 2.66 bits per heavy atom. The fourth-order valence-electron chi connectivity index (χ4n) is 3.72. The second-order valence-electron chi connectivity index (χ2n) is 7.76. The van der Waals surface area contributed by atoms with Crippen LogP contribution < -0.4 is 10.1 Å². The summed E-state index contributed by atoms with van der Waals surface area (Å²) in [6.45, 7) is 4.22. The fraction of sp³-hybridized carbons (Fsp3) is 0.304. The predicted octanol–water partition coefficient (Wildman–Crippen LogP) is 3.95. The molecule has 3 aromatic rings. The Morgan fingerprint density at radius 1 is 1.16 bits per heavy atom. The molecule has 1 aliphatic carbocycles. The SMILES string of the molecule is Cc1ccc(S(=O)(=O)N/N=C2\CCCc3oc(C(=O)NCCc4cccs4)c(C)c32)cc1. The molecule has 1 amide bonds. The molecule has 1 aliphatic rings. The standard InChI is InChI=1S/C23H25N3O4S2/c1-15-8-10-18(11-9-15)32(28,29)26-25-19-6-3-7-20-21(19)16(2)22(30-20)23(27)24-13-12-17-5-4-14-31-17/h4-5,8-11,14,26H,3,6-7,12-13H2,1-2H3,(H,24,27)/b25-19+. The maximum atomic E-state index is 12.7. The molecule has 7 nitrogen and oxygen atoms in total. The smallest absolute Gasteiger partial charge is 0.287 e. The number of sulfonamides is 1. The Labute approximate surface area is 191 Å². The lowest BCUT2D eigenvalue weighted by molar-refractivity contribution is 0.0924. The Bertz CT molecular complexity index is 1240. The number of nitrogens with zero attached hydrogens (tertiary/aromatic N) is 1. The van der Waals surface area contributed by atoms with Crippen LogP contribution in [0.1, 0.15) is 50.7 Å². The van der Waals surface area contributed by atoms with Gasteiger partial charge in [-0.3, -0.25) is 4.79 Å². The van der Waals surface area contributed by atoms with Crippen molar-refractivity contribution < 1.29 is 17.6 Å². The molecule has 0 fully saturated rings. The van der Waals surface area contributed by atoms with Gasteiger partial charge in [-0.2, -0.15) is 18.4 Å². The average molecular weight is 472 g/mol. The first kappa shape index (κ1) is 22.3. The van der Waals surface area contributed by atoms with Gasteiger partial charge in [-0.1, -0.05) is 23.8 Å². The summed E-state index contributed by atoms with van der Waals surface area (Å²) in [4.78, 5) is 16.4. The van der Waals surface area contributed by atoms with E-state index in [1.54, 1.807) is 35.6 Å². The van der Waals surface area contributed by atoms with Gasteiger partial charge in [-0.15, -0.1) is 11.3 Å². The maximum Gasteiger partial charge on any atom is 0.287 e. The third kappa shape index (κ3) is 4.78. The molecule has 0 spiro atoms. The largest absolute Gasteiger partial charge is 0.455 e. The molecule has 2 N–H and O–H groups in total. The number of benzene rings is 1. The van der Waals surface area contributed by atoms with E-state index in [-0.39, 0.29) is 16.6 Å². The molecule has 2 aromatic heterocycles. The van der Waals surface area contributed by atoms with Crippen molar-refractivity contribution in [2.75, 3.05) is 6.54 Å². The highest BCUT2D eigenvalue weighted by Crippen LogP contribution is 2.30. The van der Waals surface area contributed by atoms with Crippen molar-refractivity contribution in [3.8, 4) is 0 Å². The van der Waals surface area contributed by atoms with Crippen LogP contribution in [0.3, 0.4) is 0 Å². The first-order chi connectivity index (χ1) is 15.3. The zero-order chi connectivity index (χ0) is 22.7. The highest BCUT2D eigenvalue weighted by Gasteiger charge is 2.28. The highest BCUT2D eigenvalue weighted by atomic mass is 32.2. The Kier molecular flexibility index (Phi) is 6.48. The molecule has 0 atom stereocenters. The number of furan rings is 1. The number of carbonyl (C=O) groups excluding carboxylic acids is 1. The molecule has 0 unspecified atom stereocenters. The lowest BCUT2D eigenvalue weighted by atomic mass is 9.93. The van der Waals surface area contributed by atoms with Gasteiger partial charge in [0, 0.05) is 29.0 Å². The molecule has 32 heavy (non-hydrogen) atoms. The van der Waals surface area contributed by atoms with E-state index in [4.69, 9.17) is 4.42 Å². The number of nitrogens with one attached hydrogen (secondary N) is 2. The zero-order valence-electron chi connectivity index (χ0n) is 18.0. The van der Waals surface area contributed by atoms with Crippen LogP contribution in [-0.2, 0) is 22.9 Å². The summed E-state index contributed by atoms with van der Waals surface area (Å²) in [6.07, 6.45) is 2.81. The molecule has 0 radical (unpaired) electrons. The normalized spacial score (nSPS) is 14.9. The van der Waals surface area contributed by atoms with Gasteiger partial charge in [0.1, 0.15) is 5.76 Å². The number of hydrazone groups is 1. The molecule has 0 saturated heterocycles. The predicted molar refractivity (Wildman–Crippen MR) is 125 cm³/mol. The number of amides is 1. The van der Waals surface area contributed by atoms with Gasteiger partial charge in [0.2, 0.25) is 0 Å². The van der Waals surface area contributed by atoms with Crippen LogP contribution in [0.15, 0.2) is 56.2 Å². The minimum Gasteiger partial charge on any atom is -0.455 e. The van der Waals surface area contributed by atoms with Crippen molar-refractivity contribution in [2.45, 2.75) is 44.4 Å². The van der Waals surface area contributed by atoms with Crippen molar-refractivity contribution in [1.82, 2.24) is 10.1 Å². The van der Waals surface area contributed by atoms with E-state index < -0.39 is 10.0 Å². The molecule has 1 aromatic carbocycles.